The van der Waals surface area contributed by atoms with E-state index in [0.29, 0.717) is 17.6 Å². The summed E-state index contributed by atoms with van der Waals surface area (Å²) in [5.41, 5.74) is 0. The van der Waals surface area contributed by atoms with Gasteiger partial charge in [0.05, 0.1) is 12.4 Å². The number of H-pyrrole nitrogens is 1. The first kappa shape index (κ1) is 13.8. The Morgan fingerprint density at radius 2 is 2.47 bits per heavy atom. The smallest absolute Gasteiger partial charge is 0.316 e. The van der Waals surface area contributed by atoms with E-state index in [4.69, 9.17) is 4.74 Å². The second kappa shape index (κ2) is 7.10. The SMILES string of the molecule is CCOC(=O)CSc1n[nH]c(/C=C/c2cccs2)n1. The number of aromatic amines is 1. The fraction of sp³-hybridized carbons (Fsp3) is 0.250. The lowest BCUT2D eigenvalue weighted by Gasteiger charge is -1.97. The van der Waals surface area contributed by atoms with Crippen LogP contribution in [0.15, 0.2) is 22.7 Å². The van der Waals surface area contributed by atoms with Gasteiger partial charge in [-0.15, -0.1) is 16.4 Å². The van der Waals surface area contributed by atoms with Crippen molar-refractivity contribution in [3.63, 3.8) is 0 Å². The van der Waals surface area contributed by atoms with Gasteiger partial charge in [0, 0.05) is 4.88 Å². The molecule has 0 atom stereocenters. The van der Waals surface area contributed by atoms with Gasteiger partial charge in [-0.25, -0.2) is 4.98 Å². The highest BCUT2D eigenvalue weighted by Crippen LogP contribution is 2.15. The van der Waals surface area contributed by atoms with E-state index < -0.39 is 0 Å². The minimum atomic E-state index is -0.257. The van der Waals surface area contributed by atoms with E-state index in [9.17, 15) is 4.79 Å². The summed E-state index contributed by atoms with van der Waals surface area (Å²) in [6.07, 6.45) is 3.82. The van der Waals surface area contributed by atoms with Gasteiger partial charge in [-0.2, -0.15) is 0 Å². The van der Waals surface area contributed by atoms with Crippen LogP contribution in [0.2, 0.25) is 0 Å². The van der Waals surface area contributed by atoms with Gasteiger partial charge >= 0.3 is 5.97 Å². The van der Waals surface area contributed by atoms with Gasteiger partial charge in [0.1, 0.15) is 5.82 Å². The Morgan fingerprint density at radius 1 is 1.58 bits per heavy atom. The molecule has 0 saturated heterocycles. The van der Waals surface area contributed by atoms with Crippen LogP contribution in [-0.2, 0) is 9.53 Å². The first-order chi connectivity index (χ1) is 9.28. The normalized spacial score (nSPS) is 11.0. The molecule has 0 radical (unpaired) electrons. The minimum absolute atomic E-state index is 0.222. The molecule has 19 heavy (non-hydrogen) atoms. The third-order valence-electron chi connectivity index (χ3n) is 2.06. The molecule has 7 heteroatoms. The molecule has 1 N–H and O–H groups in total. The van der Waals surface area contributed by atoms with Crippen molar-refractivity contribution in [2.24, 2.45) is 0 Å². The molecule has 0 bridgehead atoms. The first-order valence-corrected chi connectivity index (χ1v) is 7.57. The molecule has 0 aliphatic rings. The van der Waals surface area contributed by atoms with Crippen LogP contribution in [0.3, 0.4) is 0 Å². The predicted octanol–water partition coefficient (Wildman–Crippen LogP) is 2.69. The Bertz CT molecular complexity index is 549. The van der Waals surface area contributed by atoms with Gasteiger partial charge in [0.25, 0.3) is 0 Å². The average molecular weight is 295 g/mol. The molecule has 0 amide bonds. The first-order valence-electron chi connectivity index (χ1n) is 5.70. The Labute approximate surface area is 119 Å². The molecule has 2 rings (SSSR count). The van der Waals surface area contributed by atoms with Gasteiger partial charge in [-0.1, -0.05) is 17.8 Å². The second-order valence-electron chi connectivity index (χ2n) is 3.45. The van der Waals surface area contributed by atoms with Crippen LogP contribution < -0.4 is 0 Å². The molecule has 0 aliphatic heterocycles. The van der Waals surface area contributed by atoms with Crippen molar-refractivity contribution in [1.29, 1.82) is 0 Å². The van der Waals surface area contributed by atoms with E-state index in [1.807, 2.05) is 29.7 Å². The molecule has 0 aromatic carbocycles. The van der Waals surface area contributed by atoms with Gasteiger partial charge in [-0.05, 0) is 30.5 Å². The number of hydrogen-bond donors (Lipinski definition) is 1. The molecular formula is C12H13N3O2S2. The molecule has 0 saturated carbocycles. The monoisotopic (exact) mass is 295 g/mol. The van der Waals surface area contributed by atoms with Gasteiger partial charge in [-0.3, -0.25) is 9.89 Å². The van der Waals surface area contributed by atoms with Crippen LogP contribution in [0.1, 0.15) is 17.6 Å². The fourth-order valence-electron chi connectivity index (χ4n) is 1.27. The van der Waals surface area contributed by atoms with Crippen LogP contribution >= 0.6 is 23.1 Å². The van der Waals surface area contributed by atoms with Gasteiger partial charge < -0.3 is 4.74 Å². The fourth-order valence-corrected chi connectivity index (χ4v) is 2.49. The molecule has 2 aromatic heterocycles. The largest absolute Gasteiger partial charge is 0.465 e. The maximum Gasteiger partial charge on any atom is 0.316 e. The summed E-state index contributed by atoms with van der Waals surface area (Å²) in [7, 11) is 0. The summed E-state index contributed by atoms with van der Waals surface area (Å²) in [6.45, 7) is 2.17. The summed E-state index contributed by atoms with van der Waals surface area (Å²) in [5, 5.41) is 9.38. The number of rotatable bonds is 6. The number of nitrogens with one attached hydrogen (secondary N) is 1. The van der Waals surface area contributed by atoms with Gasteiger partial charge in [0.2, 0.25) is 5.16 Å². The third-order valence-corrected chi connectivity index (χ3v) is 3.71. The Balaban J connectivity index is 1.87. The van der Waals surface area contributed by atoms with Crippen LogP contribution in [0.25, 0.3) is 12.2 Å². The number of hydrogen-bond acceptors (Lipinski definition) is 6. The van der Waals surface area contributed by atoms with Crippen LogP contribution in [-0.4, -0.2) is 33.5 Å². The number of thioether (sulfide) groups is 1. The lowest BCUT2D eigenvalue weighted by Crippen LogP contribution is -2.06. The number of ether oxygens (including phenoxy) is 1. The van der Waals surface area contributed by atoms with Crippen molar-refractivity contribution in [2.75, 3.05) is 12.4 Å². The highest BCUT2D eigenvalue weighted by atomic mass is 32.2. The summed E-state index contributed by atoms with van der Waals surface area (Å²) >= 11 is 2.91. The van der Waals surface area contributed by atoms with Gasteiger partial charge in [0.15, 0.2) is 0 Å². The Hall–Kier alpha value is -1.60. The average Bonchev–Trinajstić information content (AvgIpc) is 3.06. The summed E-state index contributed by atoms with van der Waals surface area (Å²) < 4.78 is 4.83. The van der Waals surface area contributed by atoms with Crippen molar-refractivity contribution in [2.45, 2.75) is 12.1 Å². The maximum absolute atomic E-state index is 11.2. The maximum atomic E-state index is 11.2. The quantitative estimate of drug-likeness (QED) is 0.655. The standard InChI is InChI=1S/C12H13N3O2S2/c1-2-17-11(16)8-19-12-13-10(14-15-12)6-5-9-4-3-7-18-9/h3-7H,2,8H2,1H3,(H,13,14,15)/b6-5+. The molecule has 2 aromatic rings. The van der Waals surface area contributed by atoms with Crippen molar-refractivity contribution in [1.82, 2.24) is 15.2 Å². The van der Waals surface area contributed by atoms with Crippen LogP contribution in [0, 0.1) is 0 Å². The van der Waals surface area contributed by atoms with E-state index in [-0.39, 0.29) is 11.7 Å². The van der Waals surface area contributed by atoms with E-state index in [1.165, 1.54) is 11.8 Å². The predicted molar refractivity (Wildman–Crippen MR) is 77.0 cm³/mol. The number of carbonyl (C=O) groups is 1. The van der Waals surface area contributed by atoms with E-state index in [1.54, 1.807) is 18.3 Å². The zero-order valence-corrected chi connectivity index (χ0v) is 12.0. The summed E-state index contributed by atoms with van der Waals surface area (Å²) in [4.78, 5) is 16.6. The molecule has 0 unspecified atom stereocenters. The van der Waals surface area contributed by atoms with E-state index in [0.717, 1.165) is 4.88 Å². The lowest BCUT2D eigenvalue weighted by atomic mass is 10.4. The molecule has 100 valence electrons. The topological polar surface area (TPSA) is 67.9 Å². The number of nitrogens with zero attached hydrogens (tertiary/aromatic N) is 2. The lowest BCUT2D eigenvalue weighted by molar-refractivity contribution is -0.139. The van der Waals surface area contributed by atoms with E-state index in [2.05, 4.69) is 15.2 Å². The Kier molecular flexibility index (Phi) is 5.17. The van der Waals surface area contributed by atoms with Crippen LogP contribution in [0.4, 0.5) is 0 Å². The number of carbonyl (C=O) groups excluding carboxylic acids is 1. The number of thiophene rings is 1. The van der Waals surface area contributed by atoms with Crippen molar-refractivity contribution < 1.29 is 9.53 Å². The molecule has 5 nitrogen and oxygen atoms in total. The summed E-state index contributed by atoms with van der Waals surface area (Å²) in [5.74, 6) is 0.632. The Morgan fingerprint density at radius 3 is 3.21 bits per heavy atom. The molecule has 2 heterocycles. The van der Waals surface area contributed by atoms with Crippen molar-refractivity contribution in [3.8, 4) is 0 Å². The molecule has 0 aliphatic carbocycles. The summed E-state index contributed by atoms with van der Waals surface area (Å²) in [6, 6.07) is 4.01. The third kappa shape index (κ3) is 4.53. The number of aromatic nitrogens is 3. The van der Waals surface area contributed by atoms with Crippen molar-refractivity contribution >= 4 is 41.2 Å². The van der Waals surface area contributed by atoms with E-state index >= 15 is 0 Å². The van der Waals surface area contributed by atoms with Crippen LogP contribution in [0.5, 0.6) is 0 Å². The zero-order valence-electron chi connectivity index (χ0n) is 10.3. The van der Waals surface area contributed by atoms with Crippen molar-refractivity contribution in [3.05, 3.63) is 28.2 Å². The highest BCUT2D eigenvalue weighted by molar-refractivity contribution is 7.99. The molecule has 0 spiro atoms. The second-order valence-corrected chi connectivity index (χ2v) is 5.37. The molecule has 0 fully saturated rings. The zero-order chi connectivity index (χ0) is 13.5. The minimum Gasteiger partial charge on any atom is -0.465 e. The molecular weight excluding hydrogens is 282 g/mol. The highest BCUT2D eigenvalue weighted by Gasteiger charge is 2.06. The number of esters is 1.